The minimum Gasteiger partial charge on any atom is -0.464 e. The first kappa shape index (κ1) is 18.4. The van der Waals surface area contributed by atoms with Crippen molar-refractivity contribution >= 4 is 5.97 Å². The summed E-state index contributed by atoms with van der Waals surface area (Å²) >= 11 is 0. The Morgan fingerprint density at radius 2 is 1.32 bits per heavy atom. The van der Waals surface area contributed by atoms with Gasteiger partial charge in [-0.25, -0.2) is 0 Å². The van der Waals surface area contributed by atoms with Crippen molar-refractivity contribution < 1.29 is 9.53 Å². The van der Waals surface area contributed by atoms with Crippen molar-refractivity contribution in [2.75, 3.05) is 6.61 Å². The molecule has 0 radical (unpaired) electrons. The Balaban J connectivity index is 3.17. The van der Waals surface area contributed by atoms with Gasteiger partial charge < -0.3 is 10.5 Å². The lowest BCUT2D eigenvalue weighted by atomic mass is 10.1. The molecule has 2 N–H and O–H groups in total. The summed E-state index contributed by atoms with van der Waals surface area (Å²) in [6, 6.07) is 0. The monoisotopic (exact) mass is 271 g/mol. The average Bonchev–Trinajstić information content (AvgIpc) is 2.34. The van der Waals surface area contributed by atoms with Crippen molar-refractivity contribution in [2.24, 2.45) is 5.73 Å². The number of hydrogen-bond acceptors (Lipinski definition) is 3. The van der Waals surface area contributed by atoms with E-state index in [-0.39, 0.29) is 5.97 Å². The molecular weight excluding hydrogens is 238 g/mol. The van der Waals surface area contributed by atoms with E-state index in [0.717, 1.165) is 12.8 Å². The van der Waals surface area contributed by atoms with Gasteiger partial charge in [0.25, 0.3) is 0 Å². The summed E-state index contributed by atoms with van der Waals surface area (Å²) < 4.78 is 5.11. The van der Waals surface area contributed by atoms with Gasteiger partial charge in [0.15, 0.2) is 0 Å². The van der Waals surface area contributed by atoms with E-state index in [9.17, 15) is 4.79 Å². The summed E-state index contributed by atoms with van der Waals surface area (Å²) in [6.07, 6.45) is 12.8. The van der Waals surface area contributed by atoms with E-state index in [2.05, 4.69) is 6.92 Å². The van der Waals surface area contributed by atoms with E-state index in [1.165, 1.54) is 51.4 Å². The maximum Gasteiger partial charge on any atom is 0.325 e. The van der Waals surface area contributed by atoms with E-state index in [4.69, 9.17) is 10.5 Å². The average molecular weight is 271 g/mol. The molecule has 0 bridgehead atoms. The van der Waals surface area contributed by atoms with Crippen molar-refractivity contribution in [3.8, 4) is 0 Å². The molecule has 0 amide bonds. The number of nitrogens with two attached hydrogens (primary N) is 1. The molecule has 0 aliphatic heterocycles. The topological polar surface area (TPSA) is 52.3 Å². The Labute approximate surface area is 119 Å². The molecule has 0 aliphatic rings. The maximum atomic E-state index is 11.4. The molecule has 0 unspecified atom stereocenters. The summed E-state index contributed by atoms with van der Waals surface area (Å²) in [6.45, 7) is 6.11. The molecule has 114 valence electrons. The largest absolute Gasteiger partial charge is 0.464 e. The van der Waals surface area contributed by atoms with Gasteiger partial charge in [-0.1, -0.05) is 64.7 Å². The van der Waals surface area contributed by atoms with Crippen LogP contribution in [-0.2, 0) is 9.53 Å². The highest BCUT2D eigenvalue weighted by Crippen LogP contribution is 2.10. The molecular formula is C16H33NO2. The third-order valence-electron chi connectivity index (χ3n) is 3.26. The van der Waals surface area contributed by atoms with Crippen LogP contribution in [0.15, 0.2) is 0 Å². The van der Waals surface area contributed by atoms with Crippen molar-refractivity contribution in [1.29, 1.82) is 0 Å². The molecule has 0 rings (SSSR count). The molecule has 0 aromatic carbocycles. The Bertz CT molecular complexity index is 221. The summed E-state index contributed by atoms with van der Waals surface area (Å²) in [5.41, 5.74) is 4.77. The molecule has 0 atom stereocenters. The smallest absolute Gasteiger partial charge is 0.325 e. The highest BCUT2D eigenvalue weighted by Gasteiger charge is 2.23. The van der Waals surface area contributed by atoms with Gasteiger partial charge in [0.2, 0.25) is 0 Å². The Hall–Kier alpha value is -0.570. The van der Waals surface area contributed by atoms with Crippen LogP contribution in [-0.4, -0.2) is 18.1 Å². The molecule has 3 heteroatoms. The zero-order valence-electron chi connectivity index (χ0n) is 13.2. The van der Waals surface area contributed by atoms with Crippen molar-refractivity contribution in [3.63, 3.8) is 0 Å². The van der Waals surface area contributed by atoms with Crippen LogP contribution in [0.1, 0.15) is 85.0 Å². The van der Waals surface area contributed by atoms with Crippen molar-refractivity contribution in [1.82, 2.24) is 0 Å². The number of rotatable bonds is 12. The first-order valence-corrected chi connectivity index (χ1v) is 7.94. The van der Waals surface area contributed by atoms with E-state index >= 15 is 0 Å². The molecule has 0 aromatic rings. The lowest BCUT2D eigenvalue weighted by Crippen LogP contribution is -2.42. The fourth-order valence-corrected chi connectivity index (χ4v) is 1.94. The van der Waals surface area contributed by atoms with Gasteiger partial charge in [0, 0.05) is 0 Å². The van der Waals surface area contributed by atoms with Gasteiger partial charge in [0.05, 0.1) is 6.61 Å². The number of carbonyl (C=O) groups excluding carboxylic acids is 1. The maximum absolute atomic E-state index is 11.4. The first-order chi connectivity index (χ1) is 8.98. The van der Waals surface area contributed by atoms with Crippen LogP contribution in [0.2, 0.25) is 0 Å². The zero-order chi connectivity index (χ0) is 14.6. The normalized spacial score (nSPS) is 11.6. The summed E-state index contributed by atoms with van der Waals surface area (Å²) in [5.74, 6) is -0.302. The second-order valence-corrected chi connectivity index (χ2v) is 6.04. The van der Waals surface area contributed by atoms with Gasteiger partial charge in [-0.15, -0.1) is 0 Å². The molecule has 0 heterocycles. The van der Waals surface area contributed by atoms with E-state index < -0.39 is 5.54 Å². The van der Waals surface area contributed by atoms with Crippen molar-refractivity contribution in [3.05, 3.63) is 0 Å². The van der Waals surface area contributed by atoms with Crippen LogP contribution in [0, 0.1) is 0 Å². The third kappa shape index (κ3) is 12.2. The molecule has 3 nitrogen and oxygen atoms in total. The fraction of sp³-hybridized carbons (Fsp3) is 0.938. The Morgan fingerprint density at radius 3 is 1.74 bits per heavy atom. The predicted octanol–water partition coefficient (Wildman–Crippen LogP) is 4.19. The summed E-state index contributed by atoms with van der Waals surface area (Å²) in [5, 5.41) is 0. The van der Waals surface area contributed by atoms with Crippen LogP contribution in [0.25, 0.3) is 0 Å². The van der Waals surface area contributed by atoms with Crippen LogP contribution in [0.5, 0.6) is 0 Å². The standard InChI is InChI=1S/C16H33NO2/c1-4-5-6-7-8-9-10-11-12-13-14-19-15(18)16(2,3)17/h4-14,17H2,1-3H3. The van der Waals surface area contributed by atoms with Crippen LogP contribution >= 0.6 is 0 Å². The Morgan fingerprint density at radius 1 is 0.895 bits per heavy atom. The second kappa shape index (κ2) is 11.3. The summed E-state index contributed by atoms with van der Waals surface area (Å²) in [7, 11) is 0. The van der Waals surface area contributed by atoms with Crippen molar-refractivity contribution in [2.45, 2.75) is 90.5 Å². The van der Waals surface area contributed by atoms with Gasteiger partial charge in [-0.2, -0.15) is 0 Å². The van der Waals surface area contributed by atoms with E-state index in [1.54, 1.807) is 13.8 Å². The van der Waals surface area contributed by atoms with Crippen LogP contribution in [0.4, 0.5) is 0 Å². The van der Waals surface area contributed by atoms with Gasteiger partial charge >= 0.3 is 5.97 Å². The van der Waals surface area contributed by atoms with Gasteiger partial charge in [0.1, 0.15) is 5.54 Å². The SMILES string of the molecule is CCCCCCCCCCCCOC(=O)C(C)(C)N. The highest BCUT2D eigenvalue weighted by atomic mass is 16.5. The number of carbonyl (C=O) groups is 1. The van der Waals surface area contributed by atoms with Gasteiger partial charge in [-0.3, -0.25) is 4.79 Å². The second-order valence-electron chi connectivity index (χ2n) is 6.04. The molecule has 0 aromatic heterocycles. The number of ether oxygens (including phenoxy) is 1. The van der Waals surface area contributed by atoms with Crippen LogP contribution in [0.3, 0.4) is 0 Å². The van der Waals surface area contributed by atoms with E-state index in [1.807, 2.05) is 0 Å². The minimum absolute atomic E-state index is 0.302. The molecule has 0 saturated carbocycles. The molecule has 19 heavy (non-hydrogen) atoms. The third-order valence-corrected chi connectivity index (χ3v) is 3.26. The van der Waals surface area contributed by atoms with Gasteiger partial charge in [-0.05, 0) is 20.3 Å². The predicted molar refractivity (Wildman–Crippen MR) is 81.1 cm³/mol. The van der Waals surface area contributed by atoms with Crippen LogP contribution < -0.4 is 5.73 Å². The molecule has 0 spiro atoms. The first-order valence-electron chi connectivity index (χ1n) is 7.94. The lowest BCUT2D eigenvalue weighted by Gasteiger charge is -2.16. The molecule has 0 fully saturated rings. The summed E-state index contributed by atoms with van der Waals surface area (Å²) in [4.78, 5) is 11.4. The Kier molecular flexibility index (Phi) is 10.9. The zero-order valence-corrected chi connectivity index (χ0v) is 13.2. The highest BCUT2D eigenvalue weighted by molar-refractivity contribution is 5.79. The quantitative estimate of drug-likeness (QED) is 0.428. The number of esters is 1. The van der Waals surface area contributed by atoms with E-state index in [0.29, 0.717) is 6.61 Å². The molecule has 0 aliphatic carbocycles. The molecule has 0 saturated heterocycles. The fourth-order valence-electron chi connectivity index (χ4n) is 1.94. The lowest BCUT2D eigenvalue weighted by molar-refractivity contribution is -0.148. The number of hydrogen-bond donors (Lipinski definition) is 1. The number of unbranched alkanes of at least 4 members (excludes halogenated alkanes) is 9. The minimum atomic E-state index is -0.863.